The summed E-state index contributed by atoms with van der Waals surface area (Å²) in [6.45, 7) is 5.12. The van der Waals surface area contributed by atoms with Crippen LogP contribution >= 0.6 is 11.6 Å². The summed E-state index contributed by atoms with van der Waals surface area (Å²) >= 11 is 5.87. The zero-order valence-corrected chi connectivity index (χ0v) is 19.6. The highest BCUT2D eigenvalue weighted by Crippen LogP contribution is 2.30. The summed E-state index contributed by atoms with van der Waals surface area (Å²) in [6, 6.07) is 11.3. The van der Waals surface area contributed by atoms with Crippen molar-refractivity contribution in [2.24, 2.45) is 0 Å². The van der Waals surface area contributed by atoms with Crippen molar-refractivity contribution in [2.75, 3.05) is 18.8 Å². The summed E-state index contributed by atoms with van der Waals surface area (Å²) < 4.78 is 33.3. The van der Waals surface area contributed by atoms with Gasteiger partial charge in [0.15, 0.2) is 11.6 Å². The van der Waals surface area contributed by atoms with Gasteiger partial charge in [-0.15, -0.1) is 0 Å². The SMILES string of the molecule is C[C@@H]1CN(C(=O)c2ccc(-c3cnc(N)c(OCc4c(F)ccc(F)c4Cl)c3)cc2)C[C@H](C)N1. The molecule has 6 nitrogen and oxygen atoms in total. The third-order valence-corrected chi connectivity index (χ3v) is 6.11. The van der Waals surface area contributed by atoms with E-state index in [2.05, 4.69) is 24.1 Å². The van der Waals surface area contributed by atoms with Crippen LogP contribution in [-0.4, -0.2) is 41.0 Å². The maximum atomic E-state index is 14.0. The third-order valence-electron chi connectivity index (χ3n) is 5.70. The van der Waals surface area contributed by atoms with Gasteiger partial charge in [-0.2, -0.15) is 0 Å². The van der Waals surface area contributed by atoms with Crippen LogP contribution in [-0.2, 0) is 6.61 Å². The first-order valence-electron chi connectivity index (χ1n) is 10.9. The normalized spacial score (nSPS) is 18.1. The van der Waals surface area contributed by atoms with Crippen LogP contribution in [0.2, 0.25) is 5.02 Å². The van der Waals surface area contributed by atoms with E-state index in [1.807, 2.05) is 17.0 Å². The maximum Gasteiger partial charge on any atom is 0.253 e. The number of rotatable bonds is 5. The molecule has 3 aromatic rings. The number of nitrogen functional groups attached to an aromatic ring is 1. The van der Waals surface area contributed by atoms with Gasteiger partial charge in [-0.25, -0.2) is 13.8 Å². The van der Waals surface area contributed by atoms with Gasteiger partial charge in [0.05, 0.1) is 5.02 Å². The second kappa shape index (κ2) is 9.95. The average molecular weight is 487 g/mol. The number of halogens is 3. The second-order valence-corrected chi connectivity index (χ2v) is 8.85. The Kier molecular flexibility index (Phi) is 7.00. The summed E-state index contributed by atoms with van der Waals surface area (Å²) in [7, 11) is 0. The molecule has 178 valence electrons. The molecule has 0 radical (unpaired) electrons. The highest BCUT2D eigenvalue weighted by molar-refractivity contribution is 6.31. The lowest BCUT2D eigenvalue weighted by atomic mass is 10.0. The Morgan fingerprint density at radius 1 is 1.12 bits per heavy atom. The molecule has 1 fully saturated rings. The zero-order chi connectivity index (χ0) is 24.4. The number of amides is 1. The molecule has 2 heterocycles. The molecule has 2 aromatic carbocycles. The van der Waals surface area contributed by atoms with Crippen LogP contribution in [0.5, 0.6) is 5.75 Å². The summed E-state index contributed by atoms with van der Waals surface area (Å²) in [6.07, 6.45) is 1.58. The average Bonchev–Trinajstić information content (AvgIpc) is 2.81. The Morgan fingerprint density at radius 2 is 1.76 bits per heavy atom. The van der Waals surface area contributed by atoms with Gasteiger partial charge in [0.2, 0.25) is 0 Å². The summed E-state index contributed by atoms with van der Waals surface area (Å²) in [5.74, 6) is -1.12. The van der Waals surface area contributed by atoms with Gasteiger partial charge in [-0.1, -0.05) is 23.7 Å². The fourth-order valence-electron chi connectivity index (χ4n) is 4.06. The lowest BCUT2D eigenvalue weighted by Gasteiger charge is -2.36. The van der Waals surface area contributed by atoms with Gasteiger partial charge in [-0.3, -0.25) is 4.79 Å². The first-order valence-corrected chi connectivity index (χ1v) is 11.3. The number of nitrogens with two attached hydrogens (primary N) is 1. The topological polar surface area (TPSA) is 80.5 Å². The summed E-state index contributed by atoms with van der Waals surface area (Å²) in [4.78, 5) is 18.9. The molecule has 0 unspecified atom stereocenters. The fourth-order valence-corrected chi connectivity index (χ4v) is 4.27. The molecule has 4 rings (SSSR count). The number of carbonyl (C=O) groups excluding carboxylic acids is 1. The lowest BCUT2D eigenvalue weighted by molar-refractivity contribution is 0.0674. The van der Waals surface area contributed by atoms with Crippen LogP contribution in [0.1, 0.15) is 29.8 Å². The monoisotopic (exact) mass is 486 g/mol. The standard InChI is InChI=1S/C25H25ClF2N4O2/c1-14-11-32(12-15(2)31-14)25(33)17-5-3-16(4-6-17)18-9-22(24(29)30-10-18)34-13-19-20(27)7-8-21(28)23(19)26/h3-10,14-15,31H,11-13H2,1-2H3,(H2,29,30)/t14-,15+. The summed E-state index contributed by atoms with van der Waals surface area (Å²) in [5.41, 5.74) is 7.90. The third kappa shape index (κ3) is 5.13. The van der Waals surface area contributed by atoms with Crippen molar-refractivity contribution in [3.63, 3.8) is 0 Å². The molecule has 0 bridgehead atoms. The Morgan fingerprint density at radius 3 is 2.44 bits per heavy atom. The molecule has 0 saturated carbocycles. The molecule has 2 atom stereocenters. The van der Waals surface area contributed by atoms with E-state index < -0.39 is 11.6 Å². The van der Waals surface area contributed by atoms with Crippen molar-refractivity contribution in [3.8, 4) is 16.9 Å². The minimum absolute atomic E-state index is 0.0137. The lowest BCUT2D eigenvalue weighted by Crippen LogP contribution is -2.55. The van der Waals surface area contributed by atoms with Crippen molar-refractivity contribution in [2.45, 2.75) is 32.5 Å². The van der Waals surface area contributed by atoms with E-state index in [9.17, 15) is 13.6 Å². The van der Waals surface area contributed by atoms with E-state index in [1.165, 1.54) is 0 Å². The number of benzene rings is 2. The molecule has 0 spiro atoms. The quantitative estimate of drug-likeness (QED) is 0.512. The minimum Gasteiger partial charge on any atom is -0.485 e. The van der Waals surface area contributed by atoms with Crippen molar-refractivity contribution < 1.29 is 18.3 Å². The van der Waals surface area contributed by atoms with Crippen molar-refractivity contribution in [1.82, 2.24) is 15.2 Å². The smallest absolute Gasteiger partial charge is 0.253 e. The van der Waals surface area contributed by atoms with Gasteiger partial charge >= 0.3 is 0 Å². The van der Waals surface area contributed by atoms with Gasteiger partial charge in [0.25, 0.3) is 5.91 Å². The first kappa shape index (κ1) is 23.9. The number of hydrogen-bond acceptors (Lipinski definition) is 5. The van der Waals surface area contributed by atoms with E-state index >= 15 is 0 Å². The molecule has 1 amide bonds. The van der Waals surface area contributed by atoms with Crippen LogP contribution in [0, 0.1) is 11.6 Å². The van der Waals surface area contributed by atoms with Crippen LogP contribution in [0.25, 0.3) is 11.1 Å². The molecular formula is C25H25ClF2N4O2. The Balaban J connectivity index is 1.50. The predicted octanol–water partition coefficient (Wildman–Crippen LogP) is 4.66. The molecule has 34 heavy (non-hydrogen) atoms. The number of nitrogens with zero attached hydrogens (tertiary/aromatic N) is 2. The largest absolute Gasteiger partial charge is 0.485 e. The molecular weight excluding hydrogens is 462 g/mol. The second-order valence-electron chi connectivity index (χ2n) is 8.47. The van der Waals surface area contributed by atoms with E-state index in [0.29, 0.717) is 24.2 Å². The van der Waals surface area contributed by atoms with Crippen LogP contribution in [0.3, 0.4) is 0 Å². The molecule has 3 N–H and O–H groups in total. The van der Waals surface area contributed by atoms with E-state index in [-0.39, 0.29) is 46.8 Å². The van der Waals surface area contributed by atoms with Crippen LogP contribution in [0.4, 0.5) is 14.6 Å². The fraction of sp³-hybridized carbons (Fsp3) is 0.280. The highest BCUT2D eigenvalue weighted by atomic mass is 35.5. The minimum atomic E-state index is -0.735. The molecule has 1 saturated heterocycles. The zero-order valence-electron chi connectivity index (χ0n) is 18.8. The van der Waals surface area contributed by atoms with Gasteiger partial charge < -0.3 is 20.7 Å². The number of piperazine rings is 1. The molecule has 9 heteroatoms. The first-order chi connectivity index (χ1) is 16.2. The van der Waals surface area contributed by atoms with E-state index in [4.69, 9.17) is 22.1 Å². The number of carbonyl (C=O) groups is 1. The van der Waals surface area contributed by atoms with Crippen molar-refractivity contribution in [3.05, 3.63) is 76.4 Å². The number of nitrogens with one attached hydrogen (secondary N) is 1. The maximum absolute atomic E-state index is 14.0. The Labute approximate surface area is 201 Å². The molecule has 0 aliphatic carbocycles. The van der Waals surface area contributed by atoms with Crippen molar-refractivity contribution >= 4 is 23.3 Å². The summed E-state index contributed by atoms with van der Waals surface area (Å²) in [5, 5.41) is 3.08. The van der Waals surface area contributed by atoms with Gasteiger partial charge in [-0.05, 0) is 49.7 Å². The number of ether oxygens (including phenoxy) is 1. The number of aromatic nitrogens is 1. The van der Waals surface area contributed by atoms with Gasteiger partial charge in [0.1, 0.15) is 18.2 Å². The van der Waals surface area contributed by atoms with Gasteiger partial charge in [0, 0.05) is 48.1 Å². The molecule has 1 aromatic heterocycles. The van der Waals surface area contributed by atoms with E-state index in [0.717, 1.165) is 17.7 Å². The number of hydrogen-bond donors (Lipinski definition) is 2. The number of anilines is 1. The molecule has 1 aliphatic heterocycles. The predicted molar refractivity (Wildman–Crippen MR) is 128 cm³/mol. The Bertz CT molecular complexity index is 1200. The van der Waals surface area contributed by atoms with Crippen LogP contribution in [0.15, 0.2) is 48.7 Å². The molecule has 1 aliphatic rings. The van der Waals surface area contributed by atoms with Crippen LogP contribution < -0.4 is 15.8 Å². The van der Waals surface area contributed by atoms with E-state index in [1.54, 1.807) is 24.4 Å². The Hall–Kier alpha value is -3.23. The number of pyridine rings is 1. The van der Waals surface area contributed by atoms with Crippen molar-refractivity contribution in [1.29, 1.82) is 0 Å². The highest BCUT2D eigenvalue weighted by Gasteiger charge is 2.25.